The maximum Gasteiger partial charge on any atom is 0.248 e. The van der Waals surface area contributed by atoms with Gasteiger partial charge in [-0.05, 0) is 66.6 Å². The molecule has 3 aromatic carbocycles. The number of H-pyrrole nitrogens is 1. The Morgan fingerprint density at radius 3 is 2.44 bits per heavy atom. The molecule has 9 nitrogen and oxygen atoms in total. The fraction of sp³-hybridized carbons (Fsp3) is 0.488. The second-order valence-electron chi connectivity index (χ2n) is 15.0. The van der Waals surface area contributed by atoms with Gasteiger partial charge in [-0.15, -0.1) is 0 Å². The van der Waals surface area contributed by atoms with Crippen molar-refractivity contribution in [3.05, 3.63) is 106 Å². The lowest BCUT2D eigenvalue weighted by Gasteiger charge is -2.52. The third-order valence-corrected chi connectivity index (χ3v) is 12.0. The summed E-state index contributed by atoms with van der Waals surface area (Å²) in [6, 6.07) is 24.5. The summed E-state index contributed by atoms with van der Waals surface area (Å²) in [5, 5.41) is 37.2. The van der Waals surface area contributed by atoms with Crippen LogP contribution in [0.1, 0.15) is 74.3 Å². The number of aromatic nitrogens is 1. The predicted octanol–water partition coefficient (Wildman–Crippen LogP) is 5.70. The molecule has 50 heavy (non-hydrogen) atoms. The summed E-state index contributed by atoms with van der Waals surface area (Å²) in [6.45, 7) is 7.60. The van der Waals surface area contributed by atoms with Crippen molar-refractivity contribution in [3.63, 3.8) is 0 Å². The maximum absolute atomic E-state index is 12.0. The number of nitrogens with one attached hydrogen (secondary N) is 2. The van der Waals surface area contributed by atoms with Crippen LogP contribution >= 0.6 is 0 Å². The van der Waals surface area contributed by atoms with Crippen molar-refractivity contribution < 1.29 is 29.3 Å². The molecular formula is C41H52N3O6+. The molecule has 266 valence electrons. The van der Waals surface area contributed by atoms with Crippen molar-refractivity contribution in [2.24, 2.45) is 11.8 Å². The van der Waals surface area contributed by atoms with Crippen molar-refractivity contribution in [2.45, 2.75) is 69.3 Å². The maximum atomic E-state index is 12.0. The van der Waals surface area contributed by atoms with Gasteiger partial charge >= 0.3 is 0 Å². The topological polar surface area (TPSA) is 124 Å². The van der Waals surface area contributed by atoms with Crippen LogP contribution in [0.5, 0.6) is 11.5 Å². The van der Waals surface area contributed by atoms with Crippen LogP contribution in [0.25, 0.3) is 10.9 Å². The third-order valence-electron chi connectivity index (χ3n) is 12.0. The van der Waals surface area contributed by atoms with Gasteiger partial charge in [0.05, 0.1) is 31.3 Å². The number of pyridine rings is 1. The van der Waals surface area contributed by atoms with E-state index in [0.717, 1.165) is 73.2 Å². The number of fused-ring (bicyclic) bond motifs is 4. The Morgan fingerprint density at radius 1 is 0.960 bits per heavy atom. The Labute approximate surface area is 294 Å². The monoisotopic (exact) mass is 682 g/mol. The third kappa shape index (κ3) is 7.34. The van der Waals surface area contributed by atoms with Crippen molar-refractivity contribution in [2.75, 3.05) is 45.9 Å². The van der Waals surface area contributed by atoms with E-state index in [-0.39, 0.29) is 29.4 Å². The highest BCUT2D eigenvalue weighted by atomic mass is 16.5. The van der Waals surface area contributed by atoms with Gasteiger partial charge in [-0.1, -0.05) is 61.4 Å². The Kier molecular flexibility index (Phi) is 10.3. The second kappa shape index (κ2) is 14.9. The summed E-state index contributed by atoms with van der Waals surface area (Å²) in [5.41, 5.74) is 1.80. The Bertz CT molecular complexity index is 1780. The zero-order valence-electron chi connectivity index (χ0n) is 29.1. The minimum atomic E-state index is -0.930. The van der Waals surface area contributed by atoms with E-state index in [0.29, 0.717) is 42.1 Å². The number of aliphatic hydroxyl groups is 2. The molecule has 0 amide bonds. The Hall–Kier alpha value is -3.73. The molecule has 4 fully saturated rings. The zero-order valence-corrected chi connectivity index (χ0v) is 29.1. The molecule has 2 bridgehead atoms. The lowest BCUT2D eigenvalue weighted by molar-refractivity contribution is -0.946. The molecule has 5 N–H and O–H groups in total. The van der Waals surface area contributed by atoms with Crippen LogP contribution in [0.3, 0.4) is 0 Å². The molecule has 4 aromatic rings. The molecule has 3 aliphatic heterocycles. The molecule has 1 aliphatic carbocycles. The van der Waals surface area contributed by atoms with E-state index in [1.807, 2.05) is 30.3 Å². The minimum Gasteiger partial charge on any atom is -0.506 e. The zero-order chi connectivity index (χ0) is 34.7. The molecule has 3 saturated heterocycles. The van der Waals surface area contributed by atoms with Gasteiger partial charge in [-0.2, -0.15) is 0 Å². The van der Waals surface area contributed by atoms with E-state index in [4.69, 9.17) is 9.47 Å². The summed E-state index contributed by atoms with van der Waals surface area (Å²) in [5.74, 6) is 1.63. The number of rotatable bonds is 14. The molecule has 1 saturated carbocycles. The van der Waals surface area contributed by atoms with E-state index >= 15 is 0 Å². The first-order valence-electron chi connectivity index (χ1n) is 18.5. The molecule has 0 radical (unpaired) electrons. The Morgan fingerprint density at radius 2 is 1.70 bits per heavy atom. The van der Waals surface area contributed by atoms with Crippen LogP contribution in [0.4, 0.5) is 0 Å². The van der Waals surface area contributed by atoms with Crippen LogP contribution in [0.15, 0.2) is 83.7 Å². The first-order valence-corrected chi connectivity index (χ1v) is 18.5. The lowest BCUT2D eigenvalue weighted by Crippen LogP contribution is -2.65. The standard InChI is InChI=1S/C41H51N3O6/c1-28(42-25-37(46)34-15-17-36(45)40-35(34)16-18-39(47)43-40)29-11-13-33(14-12-29)49-24-23-44-21-19-30(20-22-44)38(26-44)50-27-41(48,32-9-5-6-10-32)31-7-3-2-4-8-31/h2-4,7-8,11-18,28,30,32,37-38,42,46,48H,5-6,9-10,19-27H2,1H3,(H-,43,45,47)/p+1/t28-,30?,37-,38-,41?,44?/m0/s1. The molecular weight excluding hydrogens is 630 g/mol. The molecule has 9 heteroatoms. The van der Waals surface area contributed by atoms with Gasteiger partial charge in [-0.3, -0.25) is 4.79 Å². The fourth-order valence-electron chi connectivity index (χ4n) is 8.80. The normalized spacial score (nSPS) is 24.6. The van der Waals surface area contributed by atoms with E-state index in [1.165, 1.54) is 25.0 Å². The molecule has 8 rings (SSSR count). The van der Waals surface area contributed by atoms with Crippen molar-refractivity contribution in [1.82, 2.24) is 10.3 Å². The highest BCUT2D eigenvalue weighted by Crippen LogP contribution is 2.42. The van der Waals surface area contributed by atoms with Crippen molar-refractivity contribution >= 4 is 10.9 Å². The molecule has 4 aliphatic rings. The highest BCUT2D eigenvalue weighted by Gasteiger charge is 2.48. The number of aromatic hydroxyl groups is 1. The average Bonchev–Trinajstić information content (AvgIpc) is 3.70. The number of aromatic amines is 1. The van der Waals surface area contributed by atoms with Crippen LogP contribution in [0, 0.1) is 11.8 Å². The number of hydrogen-bond donors (Lipinski definition) is 5. The number of phenolic OH excluding ortho intramolecular Hbond substituents is 1. The summed E-state index contributed by atoms with van der Waals surface area (Å²) in [6.07, 6.45) is 6.14. The molecule has 0 spiro atoms. The summed E-state index contributed by atoms with van der Waals surface area (Å²) >= 11 is 0. The summed E-state index contributed by atoms with van der Waals surface area (Å²) in [4.78, 5) is 14.4. The largest absolute Gasteiger partial charge is 0.506 e. The summed E-state index contributed by atoms with van der Waals surface area (Å²) in [7, 11) is 0. The van der Waals surface area contributed by atoms with Crippen molar-refractivity contribution in [1.29, 1.82) is 0 Å². The number of quaternary nitrogens is 1. The number of piperidine rings is 3. The van der Waals surface area contributed by atoms with Crippen LogP contribution < -0.4 is 15.6 Å². The molecule has 4 heterocycles. The number of phenols is 1. The van der Waals surface area contributed by atoms with Gasteiger partial charge in [0, 0.05) is 42.8 Å². The Balaban J connectivity index is 0.902. The van der Waals surface area contributed by atoms with Crippen LogP contribution in [0.2, 0.25) is 0 Å². The van der Waals surface area contributed by atoms with Gasteiger partial charge in [0.25, 0.3) is 0 Å². The number of ether oxygens (including phenoxy) is 2. The molecule has 1 aromatic heterocycles. The van der Waals surface area contributed by atoms with Gasteiger partial charge in [-0.25, -0.2) is 0 Å². The van der Waals surface area contributed by atoms with Gasteiger partial charge < -0.3 is 39.6 Å². The first-order chi connectivity index (χ1) is 24.2. The highest BCUT2D eigenvalue weighted by molar-refractivity contribution is 5.87. The van der Waals surface area contributed by atoms with Gasteiger partial charge in [0.1, 0.15) is 42.9 Å². The SMILES string of the molecule is C[C@H](NC[C@H](O)c1ccc(O)c2[nH]c(=O)ccc12)c1ccc(OCC[N+]23CCC(CC2)[C@@H](OCC(O)(c2ccccc2)C2CCCC2)C3)cc1. The molecule has 4 atom stereocenters. The van der Waals surface area contributed by atoms with Crippen molar-refractivity contribution in [3.8, 4) is 11.5 Å². The summed E-state index contributed by atoms with van der Waals surface area (Å²) < 4.78 is 14.0. The number of nitrogens with zero attached hydrogens (tertiary/aromatic N) is 1. The van der Waals surface area contributed by atoms with Gasteiger partial charge in [0.2, 0.25) is 5.56 Å². The quantitative estimate of drug-likeness (QED) is 0.108. The fourth-order valence-corrected chi connectivity index (χ4v) is 8.80. The minimum absolute atomic E-state index is 0.0139. The van der Waals surface area contributed by atoms with E-state index < -0.39 is 11.7 Å². The van der Waals surface area contributed by atoms with E-state index in [9.17, 15) is 20.1 Å². The molecule has 1 unspecified atom stereocenters. The number of aliphatic hydroxyl groups excluding tert-OH is 1. The van der Waals surface area contributed by atoms with Crippen LogP contribution in [-0.2, 0) is 10.3 Å². The second-order valence-corrected chi connectivity index (χ2v) is 15.0. The van der Waals surface area contributed by atoms with Gasteiger partial charge in [0.15, 0.2) is 0 Å². The number of hydrogen-bond acceptors (Lipinski definition) is 7. The number of benzene rings is 3. The van der Waals surface area contributed by atoms with E-state index in [1.54, 1.807) is 12.1 Å². The average molecular weight is 683 g/mol. The lowest BCUT2D eigenvalue weighted by atomic mass is 9.80. The smallest absolute Gasteiger partial charge is 0.248 e. The first kappa shape index (κ1) is 34.7. The van der Waals surface area contributed by atoms with Crippen LogP contribution in [-0.4, -0.2) is 76.8 Å². The predicted molar refractivity (Wildman–Crippen MR) is 194 cm³/mol. The van der Waals surface area contributed by atoms with E-state index in [2.05, 4.69) is 41.5 Å².